The standard InChI is InChI=1S/C19H19Cl2N3O5/c1-12(29-18-5-2-13(20)10-15(18)21)19(25)22-14-3-4-16(17(11-14)24(26)27)23-6-8-28-9-7-23/h2-5,10-12H,6-9H2,1H3,(H,22,25)/t12-/m1/s1. The highest BCUT2D eigenvalue weighted by Crippen LogP contribution is 2.32. The molecule has 2 aromatic rings. The first kappa shape index (κ1) is 21.2. The molecule has 154 valence electrons. The van der Waals surface area contributed by atoms with Gasteiger partial charge in [-0.2, -0.15) is 0 Å². The summed E-state index contributed by atoms with van der Waals surface area (Å²) in [5, 5.41) is 14.9. The van der Waals surface area contributed by atoms with E-state index in [-0.39, 0.29) is 10.7 Å². The van der Waals surface area contributed by atoms with E-state index in [4.69, 9.17) is 32.7 Å². The number of hydrogen-bond donors (Lipinski definition) is 1. The smallest absolute Gasteiger partial charge is 0.294 e. The van der Waals surface area contributed by atoms with E-state index >= 15 is 0 Å². The number of morpholine rings is 1. The zero-order valence-corrected chi connectivity index (χ0v) is 17.1. The Morgan fingerprint density at radius 3 is 2.62 bits per heavy atom. The molecule has 2 aromatic carbocycles. The topological polar surface area (TPSA) is 93.9 Å². The van der Waals surface area contributed by atoms with E-state index in [1.165, 1.54) is 12.1 Å². The summed E-state index contributed by atoms with van der Waals surface area (Å²) in [6, 6.07) is 9.26. The van der Waals surface area contributed by atoms with Crippen molar-refractivity contribution in [3.05, 3.63) is 56.6 Å². The predicted molar refractivity (Wildman–Crippen MR) is 111 cm³/mol. The fourth-order valence-electron chi connectivity index (χ4n) is 2.88. The third-order valence-electron chi connectivity index (χ3n) is 4.36. The van der Waals surface area contributed by atoms with Crippen molar-refractivity contribution < 1.29 is 19.2 Å². The van der Waals surface area contributed by atoms with Crippen molar-refractivity contribution in [3.63, 3.8) is 0 Å². The first-order valence-corrected chi connectivity index (χ1v) is 9.64. The fraction of sp³-hybridized carbons (Fsp3) is 0.316. The zero-order chi connectivity index (χ0) is 21.0. The average Bonchev–Trinajstić information content (AvgIpc) is 2.70. The van der Waals surface area contributed by atoms with Crippen molar-refractivity contribution in [2.75, 3.05) is 36.5 Å². The first-order chi connectivity index (χ1) is 13.8. The molecule has 1 fully saturated rings. The lowest BCUT2D eigenvalue weighted by atomic mass is 10.2. The molecule has 0 unspecified atom stereocenters. The van der Waals surface area contributed by atoms with Gasteiger partial charge in [-0.1, -0.05) is 23.2 Å². The summed E-state index contributed by atoms with van der Waals surface area (Å²) in [6.07, 6.45) is -0.883. The molecule has 1 aliphatic heterocycles. The number of amides is 1. The lowest BCUT2D eigenvalue weighted by Crippen LogP contribution is -2.36. The van der Waals surface area contributed by atoms with E-state index in [1.807, 2.05) is 4.90 Å². The van der Waals surface area contributed by atoms with Crippen LogP contribution in [0, 0.1) is 10.1 Å². The maximum absolute atomic E-state index is 12.5. The third kappa shape index (κ3) is 5.29. The van der Waals surface area contributed by atoms with Gasteiger partial charge < -0.3 is 19.7 Å². The summed E-state index contributed by atoms with van der Waals surface area (Å²) in [6.45, 7) is 3.71. The lowest BCUT2D eigenvalue weighted by molar-refractivity contribution is -0.384. The highest BCUT2D eigenvalue weighted by Gasteiger charge is 2.23. The Bertz CT molecular complexity index is 919. The molecule has 29 heavy (non-hydrogen) atoms. The van der Waals surface area contributed by atoms with Crippen molar-refractivity contribution >= 4 is 46.2 Å². The second-order valence-corrected chi connectivity index (χ2v) is 7.23. The summed E-state index contributed by atoms with van der Waals surface area (Å²) < 4.78 is 10.9. The van der Waals surface area contributed by atoms with Crippen LogP contribution in [0.5, 0.6) is 5.75 Å². The fourth-order valence-corrected chi connectivity index (χ4v) is 3.33. The maximum atomic E-state index is 12.5. The van der Waals surface area contributed by atoms with E-state index in [0.29, 0.717) is 48.5 Å². The Labute approximate surface area is 177 Å². The first-order valence-electron chi connectivity index (χ1n) is 8.89. The molecule has 1 aliphatic rings. The van der Waals surface area contributed by atoms with Gasteiger partial charge in [-0.15, -0.1) is 0 Å². The number of carbonyl (C=O) groups is 1. The maximum Gasteiger partial charge on any atom is 0.294 e. The largest absolute Gasteiger partial charge is 0.479 e. The molecule has 1 N–H and O–H groups in total. The molecule has 1 atom stereocenters. The van der Waals surface area contributed by atoms with Crippen molar-refractivity contribution in [1.82, 2.24) is 0 Å². The van der Waals surface area contributed by atoms with Gasteiger partial charge in [-0.25, -0.2) is 0 Å². The van der Waals surface area contributed by atoms with Gasteiger partial charge in [0.25, 0.3) is 11.6 Å². The highest BCUT2D eigenvalue weighted by atomic mass is 35.5. The molecule has 1 amide bonds. The van der Waals surface area contributed by atoms with E-state index in [1.54, 1.807) is 31.2 Å². The molecule has 0 spiro atoms. The summed E-state index contributed by atoms with van der Waals surface area (Å²) in [7, 11) is 0. The number of nitro benzene ring substituents is 1. The second kappa shape index (κ2) is 9.30. The molecule has 0 aromatic heterocycles. The number of hydrogen-bond acceptors (Lipinski definition) is 6. The summed E-state index contributed by atoms with van der Waals surface area (Å²) in [5.41, 5.74) is 0.712. The molecule has 3 rings (SSSR count). The van der Waals surface area contributed by atoms with Gasteiger partial charge in [0.05, 0.1) is 23.2 Å². The molecule has 10 heteroatoms. The zero-order valence-electron chi connectivity index (χ0n) is 15.6. The summed E-state index contributed by atoms with van der Waals surface area (Å²) in [4.78, 5) is 25.4. The van der Waals surface area contributed by atoms with Crippen molar-refractivity contribution in [2.45, 2.75) is 13.0 Å². The molecule has 0 radical (unpaired) electrons. The minimum absolute atomic E-state index is 0.0842. The van der Waals surface area contributed by atoms with E-state index in [0.717, 1.165) is 0 Å². The second-order valence-electron chi connectivity index (χ2n) is 6.38. The van der Waals surface area contributed by atoms with Gasteiger partial charge in [0.15, 0.2) is 6.10 Å². The Kier molecular flexibility index (Phi) is 6.79. The molecule has 8 nitrogen and oxygen atoms in total. The van der Waals surface area contributed by atoms with Crippen LogP contribution >= 0.6 is 23.2 Å². The van der Waals surface area contributed by atoms with Gasteiger partial charge in [-0.3, -0.25) is 14.9 Å². The Hall–Kier alpha value is -2.55. The van der Waals surface area contributed by atoms with Crippen molar-refractivity contribution in [3.8, 4) is 5.75 Å². The Morgan fingerprint density at radius 2 is 1.97 bits per heavy atom. The van der Waals surface area contributed by atoms with Crippen LogP contribution in [0.2, 0.25) is 10.0 Å². The number of halogens is 2. The number of nitro groups is 1. The molecule has 0 saturated carbocycles. The number of ether oxygens (including phenoxy) is 2. The minimum Gasteiger partial charge on any atom is -0.479 e. The Balaban J connectivity index is 1.72. The quantitative estimate of drug-likeness (QED) is 0.536. The molecular formula is C19H19Cl2N3O5. The monoisotopic (exact) mass is 439 g/mol. The van der Waals surface area contributed by atoms with Crippen LogP contribution in [0.1, 0.15) is 6.92 Å². The lowest BCUT2D eigenvalue weighted by Gasteiger charge is -2.28. The van der Waals surface area contributed by atoms with Crippen LogP contribution in [-0.4, -0.2) is 43.2 Å². The molecule has 1 saturated heterocycles. The Morgan fingerprint density at radius 1 is 1.24 bits per heavy atom. The minimum atomic E-state index is -0.883. The van der Waals surface area contributed by atoms with Gasteiger partial charge in [0.2, 0.25) is 0 Å². The number of rotatable bonds is 6. The van der Waals surface area contributed by atoms with Gasteiger partial charge in [0, 0.05) is 29.9 Å². The van der Waals surface area contributed by atoms with Gasteiger partial charge >= 0.3 is 0 Å². The number of nitrogens with zero attached hydrogens (tertiary/aromatic N) is 2. The number of anilines is 2. The van der Waals surface area contributed by atoms with Crippen LogP contribution in [-0.2, 0) is 9.53 Å². The summed E-state index contributed by atoms with van der Waals surface area (Å²) in [5.74, 6) is -0.156. The van der Waals surface area contributed by atoms with Gasteiger partial charge in [0.1, 0.15) is 11.4 Å². The highest BCUT2D eigenvalue weighted by molar-refractivity contribution is 6.35. The van der Waals surface area contributed by atoms with Crippen molar-refractivity contribution in [2.24, 2.45) is 0 Å². The predicted octanol–water partition coefficient (Wildman–Crippen LogP) is 4.14. The third-order valence-corrected chi connectivity index (χ3v) is 4.89. The molecule has 1 heterocycles. The van der Waals surface area contributed by atoms with Crippen LogP contribution in [0.25, 0.3) is 0 Å². The van der Waals surface area contributed by atoms with Crippen LogP contribution in [0.4, 0.5) is 17.1 Å². The van der Waals surface area contributed by atoms with Crippen LogP contribution in [0.15, 0.2) is 36.4 Å². The van der Waals surface area contributed by atoms with Crippen molar-refractivity contribution in [1.29, 1.82) is 0 Å². The molecule has 0 aliphatic carbocycles. The van der Waals surface area contributed by atoms with Gasteiger partial charge in [-0.05, 0) is 37.3 Å². The van der Waals surface area contributed by atoms with Crippen LogP contribution < -0.4 is 15.0 Å². The SMILES string of the molecule is C[C@@H](Oc1ccc(Cl)cc1Cl)C(=O)Nc1ccc(N2CCOCC2)c([N+](=O)[O-])c1. The summed E-state index contributed by atoms with van der Waals surface area (Å²) >= 11 is 11.9. The average molecular weight is 440 g/mol. The number of carbonyl (C=O) groups excluding carboxylic acids is 1. The van der Waals surface area contributed by atoms with E-state index in [2.05, 4.69) is 5.32 Å². The van der Waals surface area contributed by atoms with E-state index < -0.39 is 16.9 Å². The van der Waals surface area contributed by atoms with Crippen LogP contribution in [0.3, 0.4) is 0 Å². The van der Waals surface area contributed by atoms with E-state index in [9.17, 15) is 14.9 Å². The molecule has 0 bridgehead atoms. The number of benzene rings is 2. The number of nitrogens with one attached hydrogen (secondary N) is 1. The molecular weight excluding hydrogens is 421 g/mol. The normalized spacial score (nSPS) is 14.9.